The lowest BCUT2D eigenvalue weighted by Crippen LogP contribution is -2.11. The smallest absolute Gasteiger partial charge is 0.156 e. The van der Waals surface area contributed by atoms with E-state index >= 15 is 0 Å². The molecule has 86 valence electrons. The van der Waals surface area contributed by atoms with E-state index in [1.165, 1.54) is 6.26 Å². The van der Waals surface area contributed by atoms with Crippen LogP contribution in [-0.2, 0) is 22.0 Å². The molecule has 0 bridgehead atoms. The Morgan fingerprint density at radius 2 is 2.25 bits per heavy atom. The van der Waals surface area contributed by atoms with Gasteiger partial charge in [0.1, 0.15) is 6.26 Å². The zero-order valence-electron chi connectivity index (χ0n) is 8.50. The Bertz CT molecular complexity index is 514. The van der Waals surface area contributed by atoms with Gasteiger partial charge >= 0.3 is 0 Å². The summed E-state index contributed by atoms with van der Waals surface area (Å²) in [5.74, 6) is 0.106. The van der Waals surface area contributed by atoms with Crippen molar-refractivity contribution in [2.45, 2.75) is 12.2 Å². The van der Waals surface area contributed by atoms with Crippen molar-refractivity contribution in [3.05, 3.63) is 40.4 Å². The van der Waals surface area contributed by atoms with Gasteiger partial charge in [-0.15, -0.1) is 11.3 Å². The molecule has 2 rings (SSSR count). The fourth-order valence-corrected chi connectivity index (χ4v) is 3.43. The van der Waals surface area contributed by atoms with E-state index in [0.29, 0.717) is 12.1 Å². The van der Waals surface area contributed by atoms with Gasteiger partial charge in [-0.1, -0.05) is 11.2 Å². The predicted molar refractivity (Wildman–Crippen MR) is 62.0 cm³/mol. The molecule has 0 radical (unpaired) electrons. The normalized spacial score (nSPS) is 11.8. The highest BCUT2D eigenvalue weighted by molar-refractivity contribution is 7.90. The Morgan fingerprint density at radius 1 is 1.38 bits per heavy atom. The minimum atomic E-state index is -3.10. The van der Waals surface area contributed by atoms with Gasteiger partial charge in [-0.2, -0.15) is 0 Å². The maximum atomic E-state index is 11.7. The maximum Gasteiger partial charge on any atom is 0.156 e. The first-order chi connectivity index (χ1) is 7.66. The van der Waals surface area contributed by atoms with Crippen LogP contribution in [0.25, 0.3) is 0 Å². The van der Waals surface area contributed by atoms with Crippen LogP contribution in [-0.4, -0.2) is 19.3 Å². The summed E-state index contributed by atoms with van der Waals surface area (Å²) in [5.41, 5.74) is 0.464. The molecule has 4 nitrogen and oxygen atoms in total. The average molecular weight is 257 g/mol. The zero-order chi connectivity index (χ0) is 11.4. The molecule has 0 saturated heterocycles. The lowest BCUT2D eigenvalue weighted by molar-refractivity contribution is 0.413. The van der Waals surface area contributed by atoms with Crippen LogP contribution in [0.2, 0.25) is 0 Å². The van der Waals surface area contributed by atoms with Crippen LogP contribution in [0.15, 0.2) is 34.4 Å². The Labute approximate surface area is 97.8 Å². The molecular weight excluding hydrogens is 246 g/mol. The van der Waals surface area contributed by atoms with E-state index in [9.17, 15) is 8.42 Å². The van der Waals surface area contributed by atoms with E-state index in [2.05, 4.69) is 9.68 Å². The first kappa shape index (κ1) is 11.3. The first-order valence-corrected chi connectivity index (χ1v) is 7.48. The lowest BCUT2D eigenvalue weighted by Gasteiger charge is -2.00. The summed E-state index contributed by atoms with van der Waals surface area (Å²) in [6.45, 7) is 0. The largest absolute Gasteiger partial charge is 0.364 e. The van der Waals surface area contributed by atoms with Crippen molar-refractivity contribution in [3.8, 4) is 0 Å². The van der Waals surface area contributed by atoms with E-state index in [1.54, 1.807) is 17.4 Å². The Kier molecular flexibility index (Phi) is 3.40. The molecule has 2 aromatic heterocycles. The van der Waals surface area contributed by atoms with Crippen LogP contribution in [0.5, 0.6) is 0 Å². The summed E-state index contributed by atoms with van der Waals surface area (Å²) in [7, 11) is -3.10. The minimum Gasteiger partial charge on any atom is -0.364 e. The molecule has 0 unspecified atom stereocenters. The van der Waals surface area contributed by atoms with Gasteiger partial charge in [-0.3, -0.25) is 0 Å². The van der Waals surface area contributed by atoms with Crippen molar-refractivity contribution in [1.29, 1.82) is 0 Å². The molecule has 16 heavy (non-hydrogen) atoms. The summed E-state index contributed by atoms with van der Waals surface area (Å²) in [6.07, 6.45) is 1.95. The van der Waals surface area contributed by atoms with Gasteiger partial charge in [0, 0.05) is 10.9 Å². The number of sulfone groups is 1. The molecule has 0 amide bonds. The second-order valence-electron chi connectivity index (χ2n) is 3.41. The van der Waals surface area contributed by atoms with Crippen molar-refractivity contribution in [1.82, 2.24) is 5.16 Å². The number of aromatic nitrogens is 1. The Balaban J connectivity index is 1.93. The first-order valence-electron chi connectivity index (χ1n) is 4.78. The summed E-state index contributed by atoms with van der Waals surface area (Å²) in [6, 6.07) is 5.43. The van der Waals surface area contributed by atoms with Crippen LogP contribution in [0.1, 0.15) is 10.6 Å². The summed E-state index contributed by atoms with van der Waals surface area (Å²) in [4.78, 5) is 1.09. The number of nitrogens with zero attached hydrogens (tertiary/aromatic N) is 1. The van der Waals surface area contributed by atoms with Crippen LogP contribution in [0, 0.1) is 0 Å². The van der Waals surface area contributed by atoms with Crippen molar-refractivity contribution in [3.63, 3.8) is 0 Å². The Morgan fingerprint density at radius 3 is 2.88 bits per heavy atom. The quantitative estimate of drug-likeness (QED) is 0.820. The van der Waals surface area contributed by atoms with E-state index < -0.39 is 9.84 Å². The zero-order valence-corrected chi connectivity index (χ0v) is 10.1. The van der Waals surface area contributed by atoms with Gasteiger partial charge in [-0.25, -0.2) is 8.42 Å². The number of thiophene rings is 1. The van der Waals surface area contributed by atoms with Gasteiger partial charge in [-0.05, 0) is 17.9 Å². The molecule has 0 aliphatic carbocycles. The van der Waals surface area contributed by atoms with Gasteiger partial charge in [0.05, 0.1) is 17.2 Å². The molecular formula is C10H11NO3S2. The third-order valence-corrected chi connectivity index (χ3v) is 4.60. The molecule has 2 aromatic rings. The molecule has 0 N–H and O–H groups in total. The van der Waals surface area contributed by atoms with E-state index in [-0.39, 0.29) is 11.5 Å². The highest BCUT2D eigenvalue weighted by Gasteiger charge is 2.14. The van der Waals surface area contributed by atoms with E-state index in [4.69, 9.17) is 0 Å². The molecule has 0 aliphatic rings. The van der Waals surface area contributed by atoms with E-state index in [0.717, 1.165) is 4.88 Å². The second kappa shape index (κ2) is 4.80. The second-order valence-corrected chi connectivity index (χ2v) is 6.63. The predicted octanol–water partition coefficient (Wildman–Crippen LogP) is 1.89. The summed E-state index contributed by atoms with van der Waals surface area (Å²) in [5, 5.41) is 5.54. The van der Waals surface area contributed by atoms with Gasteiger partial charge < -0.3 is 4.52 Å². The van der Waals surface area contributed by atoms with Gasteiger partial charge in [0.25, 0.3) is 0 Å². The molecule has 0 aliphatic heterocycles. The van der Waals surface area contributed by atoms with E-state index in [1.807, 2.05) is 17.5 Å². The highest BCUT2D eigenvalue weighted by atomic mass is 32.2. The van der Waals surface area contributed by atoms with Crippen molar-refractivity contribution >= 4 is 21.2 Å². The standard InChI is InChI=1S/C10H11NO3S2/c12-16(13,8-9-3-5-14-11-9)7-4-10-2-1-6-15-10/h1-3,5-6H,4,7-8H2. The molecule has 6 heteroatoms. The summed E-state index contributed by atoms with van der Waals surface area (Å²) < 4.78 is 28.0. The third-order valence-electron chi connectivity index (χ3n) is 2.10. The average Bonchev–Trinajstić information content (AvgIpc) is 2.85. The monoisotopic (exact) mass is 257 g/mol. The van der Waals surface area contributed by atoms with Crippen molar-refractivity contribution < 1.29 is 12.9 Å². The highest BCUT2D eigenvalue weighted by Crippen LogP contribution is 2.12. The van der Waals surface area contributed by atoms with Gasteiger partial charge in [0.2, 0.25) is 0 Å². The summed E-state index contributed by atoms with van der Waals surface area (Å²) >= 11 is 1.57. The molecule has 0 spiro atoms. The molecule has 0 atom stereocenters. The van der Waals surface area contributed by atoms with Crippen molar-refractivity contribution in [2.75, 3.05) is 5.75 Å². The molecule has 0 saturated carbocycles. The molecule has 0 fully saturated rings. The lowest BCUT2D eigenvalue weighted by atomic mass is 10.4. The fraction of sp³-hybridized carbons (Fsp3) is 0.300. The Hall–Kier alpha value is -1.14. The minimum absolute atomic E-state index is 0.0468. The van der Waals surface area contributed by atoms with Crippen LogP contribution in [0.4, 0.5) is 0 Å². The molecule has 2 heterocycles. The number of rotatable bonds is 5. The van der Waals surface area contributed by atoms with Crippen LogP contribution in [0.3, 0.4) is 0 Å². The SMILES string of the molecule is O=S(=O)(CCc1cccs1)Cc1ccon1. The maximum absolute atomic E-state index is 11.7. The fourth-order valence-electron chi connectivity index (χ4n) is 1.32. The number of aryl methyl sites for hydroxylation is 1. The topological polar surface area (TPSA) is 60.2 Å². The molecule has 0 aromatic carbocycles. The van der Waals surface area contributed by atoms with Gasteiger partial charge in [0.15, 0.2) is 9.84 Å². The third kappa shape index (κ3) is 3.18. The van der Waals surface area contributed by atoms with Crippen LogP contribution >= 0.6 is 11.3 Å². The van der Waals surface area contributed by atoms with Crippen LogP contribution < -0.4 is 0 Å². The van der Waals surface area contributed by atoms with Crippen molar-refractivity contribution in [2.24, 2.45) is 0 Å². The number of hydrogen-bond acceptors (Lipinski definition) is 5. The number of hydrogen-bond donors (Lipinski definition) is 0.